The molecular weight excluding hydrogens is 444 g/mol. The topological polar surface area (TPSA) is 35.6 Å². The van der Waals surface area contributed by atoms with Crippen molar-refractivity contribution in [2.45, 2.75) is 32.7 Å². The predicted molar refractivity (Wildman–Crippen MR) is 139 cm³/mol. The van der Waals surface area contributed by atoms with Crippen LogP contribution in [0.5, 0.6) is 0 Å². The third-order valence-electron chi connectivity index (χ3n) is 6.23. The number of amides is 1. The molecule has 184 valence electrons. The van der Waals surface area contributed by atoms with Crippen LogP contribution in [-0.4, -0.2) is 37.5 Å². The van der Waals surface area contributed by atoms with Crippen molar-refractivity contribution in [1.82, 2.24) is 10.2 Å². The molecule has 1 fully saturated rings. The van der Waals surface area contributed by atoms with E-state index >= 15 is 0 Å². The summed E-state index contributed by atoms with van der Waals surface area (Å²) in [4.78, 5) is 16.6. The zero-order chi connectivity index (χ0) is 25.7. The van der Waals surface area contributed by atoms with E-state index in [1.807, 2.05) is 38.2 Å². The van der Waals surface area contributed by atoms with Crippen LogP contribution >= 0.6 is 0 Å². The Morgan fingerprint density at radius 2 is 1.91 bits per heavy atom. The summed E-state index contributed by atoms with van der Waals surface area (Å²) in [5.41, 5.74) is 4.07. The van der Waals surface area contributed by atoms with Crippen molar-refractivity contribution in [2.75, 3.05) is 25.5 Å². The molecular formula is C29H33F2N3O. The normalized spacial score (nSPS) is 17.2. The number of nitrogens with zero attached hydrogens (tertiary/aromatic N) is 2. The van der Waals surface area contributed by atoms with E-state index in [0.717, 1.165) is 36.1 Å². The number of likely N-dealkylation sites (N-methyl/N-ethyl adjacent to an activating group) is 1. The van der Waals surface area contributed by atoms with Gasteiger partial charge in [0.1, 0.15) is 17.5 Å². The quantitative estimate of drug-likeness (QED) is 0.412. The molecule has 6 heteroatoms. The van der Waals surface area contributed by atoms with Gasteiger partial charge >= 0.3 is 0 Å². The van der Waals surface area contributed by atoms with E-state index < -0.39 is 11.6 Å². The summed E-state index contributed by atoms with van der Waals surface area (Å²) in [6.07, 6.45) is 4.29. The molecule has 1 unspecified atom stereocenters. The summed E-state index contributed by atoms with van der Waals surface area (Å²) in [5, 5.41) is 3.48. The van der Waals surface area contributed by atoms with Crippen molar-refractivity contribution in [2.24, 2.45) is 0 Å². The molecule has 2 aromatic rings. The number of aryl methyl sites for hydroxylation is 1. The van der Waals surface area contributed by atoms with Crippen LogP contribution < -0.4 is 10.2 Å². The molecule has 0 aliphatic carbocycles. The fraction of sp³-hybridized carbons (Fsp3) is 0.276. The average molecular weight is 478 g/mol. The Kier molecular flexibility index (Phi) is 8.28. The standard InChI is InChI=1S/C29H33F2N3O/c1-19-9-7-8-10-26(19)34(6)27(35)14-11-20(2)28(29-32-22(4)15-16-33(29)5)21(3)17-23-12-13-24(30)18-25(23)31/h7-14,18,22,32H,2-3,15-17H2,1,4-6H3/b14-11-,29-28-. The average Bonchev–Trinajstić information content (AvgIpc) is 2.81. The lowest BCUT2D eigenvalue weighted by Gasteiger charge is -2.36. The molecule has 1 heterocycles. The largest absolute Gasteiger partial charge is 0.369 e. The molecule has 1 saturated heterocycles. The van der Waals surface area contributed by atoms with Gasteiger partial charge < -0.3 is 15.1 Å². The zero-order valence-corrected chi connectivity index (χ0v) is 20.9. The van der Waals surface area contributed by atoms with Crippen molar-refractivity contribution in [3.05, 3.63) is 113 Å². The minimum atomic E-state index is -0.624. The molecule has 1 N–H and O–H groups in total. The van der Waals surface area contributed by atoms with E-state index in [-0.39, 0.29) is 18.4 Å². The van der Waals surface area contributed by atoms with Crippen LogP contribution in [0.4, 0.5) is 14.5 Å². The molecule has 4 nitrogen and oxygen atoms in total. The number of para-hydroxylation sites is 1. The monoisotopic (exact) mass is 477 g/mol. The maximum Gasteiger partial charge on any atom is 0.250 e. The van der Waals surface area contributed by atoms with Gasteiger partial charge in [-0.05, 0) is 60.8 Å². The number of carbonyl (C=O) groups is 1. The molecule has 2 aromatic carbocycles. The highest BCUT2D eigenvalue weighted by Crippen LogP contribution is 2.29. The second-order valence-corrected chi connectivity index (χ2v) is 9.04. The van der Waals surface area contributed by atoms with Gasteiger partial charge in [0.25, 0.3) is 5.91 Å². The summed E-state index contributed by atoms with van der Waals surface area (Å²) in [7, 11) is 3.69. The number of anilines is 1. The van der Waals surface area contributed by atoms with E-state index in [4.69, 9.17) is 0 Å². The number of benzene rings is 2. The maximum absolute atomic E-state index is 14.4. The first-order valence-electron chi connectivity index (χ1n) is 11.6. The van der Waals surface area contributed by atoms with Gasteiger partial charge in [-0.1, -0.05) is 37.4 Å². The minimum Gasteiger partial charge on any atom is -0.369 e. The van der Waals surface area contributed by atoms with E-state index in [0.29, 0.717) is 22.3 Å². The fourth-order valence-corrected chi connectivity index (χ4v) is 4.13. The molecule has 1 atom stereocenters. The van der Waals surface area contributed by atoms with Crippen LogP contribution in [0.15, 0.2) is 90.3 Å². The molecule has 3 rings (SSSR count). The Morgan fingerprint density at radius 1 is 1.20 bits per heavy atom. The number of nitrogens with one attached hydrogen (secondary N) is 1. The molecule has 1 aliphatic heterocycles. The van der Waals surface area contributed by atoms with Crippen LogP contribution in [0.2, 0.25) is 0 Å². The molecule has 0 radical (unpaired) electrons. The number of halogens is 2. The Balaban J connectivity index is 1.91. The molecule has 1 aliphatic rings. The van der Waals surface area contributed by atoms with E-state index in [2.05, 4.69) is 30.3 Å². The van der Waals surface area contributed by atoms with Gasteiger partial charge in [-0.3, -0.25) is 4.79 Å². The summed E-state index contributed by atoms with van der Waals surface area (Å²) < 4.78 is 27.8. The highest BCUT2D eigenvalue weighted by molar-refractivity contribution is 6.01. The third kappa shape index (κ3) is 6.27. The van der Waals surface area contributed by atoms with Crippen LogP contribution in [-0.2, 0) is 11.2 Å². The molecule has 0 saturated carbocycles. The predicted octanol–water partition coefficient (Wildman–Crippen LogP) is 5.67. The number of allylic oxidation sites excluding steroid dienone is 4. The summed E-state index contributed by atoms with van der Waals surface area (Å²) >= 11 is 0. The van der Waals surface area contributed by atoms with Crippen molar-refractivity contribution in [3.63, 3.8) is 0 Å². The first-order valence-corrected chi connectivity index (χ1v) is 11.6. The highest BCUT2D eigenvalue weighted by Gasteiger charge is 2.23. The Labute approximate surface area is 206 Å². The number of rotatable bonds is 7. The lowest BCUT2D eigenvalue weighted by Crippen LogP contribution is -2.43. The smallest absolute Gasteiger partial charge is 0.250 e. The van der Waals surface area contributed by atoms with Crippen molar-refractivity contribution in [1.29, 1.82) is 0 Å². The highest BCUT2D eigenvalue weighted by atomic mass is 19.1. The van der Waals surface area contributed by atoms with Gasteiger partial charge in [-0.25, -0.2) is 8.78 Å². The van der Waals surface area contributed by atoms with Crippen molar-refractivity contribution >= 4 is 11.6 Å². The van der Waals surface area contributed by atoms with E-state index in [1.165, 1.54) is 18.2 Å². The molecule has 0 bridgehead atoms. The van der Waals surface area contributed by atoms with Crippen molar-refractivity contribution in [3.8, 4) is 0 Å². The second kappa shape index (κ2) is 11.2. The minimum absolute atomic E-state index is 0.179. The van der Waals surface area contributed by atoms with Crippen LogP contribution in [0, 0.1) is 18.6 Å². The number of carbonyl (C=O) groups excluding carboxylic acids is 1. The number of hydrogen-bond donors (Lipinski definition) is 1. The fourth-order valence-electron chi connectivity index (χ4n) is 4.13. The summed E-state index contributed by atoms with van der Waals surface area (Å²) in [5.74, 6) is -0.615. The van der Waals surface area contributed by atoms with Gasteiger partial charge in [-0.15, -0.1) is 0 Å². The zero-order valence-electron chi connectivity index (χ0n) is 20.9. The van der Waals surface area contributed by atoms with Crippen LogP contribution in [0.25, 0.3) is 0 Å². The molecule has 35 heavy (non-hydrogen) atoms. The Bertz CT molecular complexity index is 1200. The van der Waals surface area contributed by atoms with Gasteiger partial charge in [0.2, 0.25) is 0 Å². The first kappa shape index (κ1) is 25.9. The molecule has 0 spiro atoms. The SMILES string of the molecule is C=C(/C=C\C(=O)N(C)c1ccccc1C)/C(C(=C)Cc1ccc(F)cc1F)=C1\NC(C)CCN1C. The van der Waals surface area contributed by atoms with E-state index in [1.54, 1.807) is 18.0 Å². The third-order valence-corrected chi connectivity index (χ3v) is 6.23. The van der Waals surface area contributed by atoms with Crippen LogP contribution in [0.1, 0.15) is 24.5 Å². The van der Waals surface area contributed by atoms with Gasteiger partial charge in [0.05, 0.1) is 0 Å². The van der Waals surface area contributed by atoms with Crippen molar-refractivity contribution < 1.29 is 13.6 Å². The Hall–Kier alpha value is -3.67. The van der Waals surface area contributed by atoms with E-state index in [9.17, 15) is 13.6 Å². The van der Waals surface area contributed by atoms with Gasteiger partial charge in [-0.2, -0.15) is 0 Å². The summed E-state index contributed by atoms with van der Waals surface area (Å²) in [6, 6.07) is 11.4. The van der Waals surface area contributed by atoms with Crippen LogP contribution in [0.3, 0.4) is 0 Å². The first-order chi connectivity index (χ1) is 16.6. The lowest BCUT2D eigenvalue weighted by atomic mass is 9.92. The second-order valence-electron chi connectivity index (χ2n) is 9.04. The Morgan fingerprint density at radius 3 is 2.60 bits per heavy atom. The maximum atomic E-state index is 14.4. The summed E-state index contributed by atoms with van der Waals surface area (Å²) in [6.45, 7) is 13.3. The molecule has 1 amide bonds. The van der Waals surface area contributed by atoms with Gasteiger partial charge in [0, 0.05) is 56.5 Å². The number of hydrogen-bond acceptors (Lipinski definition) is 3. The molecule has 0 aromatic heterocycles. The lowest BCUT2D eigenvalue weighted by molar-refractivity contribution is -0.113. The van der Waals surface area contributed by atoms with Gasteiger partial charge in [0.15, 0.2) is 0 Å².